The minimum Gasteiger partial charge on any atom is -0.338 e. The van der Waals surface area contributed by atoms with Crippen LogP contribution in [0.1, 0.15) is 42.3 Å². The zero-order chi connectivity index (χ0) is 12.4. The third-order valence-corrected chi connectivity index (χ3v) is 3.32. The lowest BCUT2D eigenvalue weighted by Gasteiger charge is -2.09. The van der Waals surface area contributed by atoms with Crippen LogP contribution >= 0.6 is 11.3 Å². The summed E-state index contributed by atoms with van der Waals surface area (Å²) >= 11 is 1.62. The number of nitrogens with zero attached hydrogens (tertiary/aromatic N) is 3. The molecule has 6 heteroatoms. The summed E-state index contributed by atoms with van der Waals surface area (Å²) in [5.74, 6) is 1.42. The van der Waals surface area contributed by atoms with E-state index in [1.165, 1.54) is 0 Å². The quantitative estimate of drug-likeness (QED) is 0.901. The summed E-state index contributed by atoms with van der Waals surface area (Å²) in [6.07, 6.45) is 0.596. The van der Waals surface area contributed by atoms with Crippen LogP contribution in [0.4, 0.5) is 0 Å². The normalized spacial score (nSPS) is 13.2. The first-order valence-electron chi connectivity index (χ1n) is 5.55. The van der Waals surface area contributed by atoms with Crippen molar-refractivity contribution in [2.24, 2.45) is 11.7 Å². The fourth-order valence-electron chi connectivity index (χ4n) is 1.41. The van der Waals surface area contributed by atoms with Gasteiger partial charge in [0.15, 0.2) is 5.82 Å². The largest absolute Gasteiger partial charge is 0.338 e. The van der Waals surface area contributed by atoms with Crippen molar-refractivity contribution in [3.8, 4) is 0 Å². The van der Waals surface area contributed by atoms with Crippen LogP contribution in [-0.2, 0) is 6.42 Å². The maximum absolute atomic E-state index is 5.94. The summed E-state index contributed by atoms with van der Waals surface area (Å²) < 4.78 is 5.16. The zero-order valence-corrected chi connectivity index (χ0v) is 11.0. The summed E-state index contributed by atoms with van der Waals surface area (Å²) in [7, 11) is 0. The van der Waals surface area contributed by atoms with Gasteiger partial charge >= 0.3 is 0 Å². The summed E-state index contributed by atoms with van der Waals surface area (Å²) in [6, 6.07) is -0.201. The van der Waals surface area contributed by atoms with Crippen molar-refractivity contribution < 1.29 is 4.52 Å². The zero-order valence-electron chi connectivity index (χ0n) is 10.2. The van der Waals surface area contributed by atoms with Crippen LogP contribution in [0.5, 0.6) is 0 Å². The third-order valence-electron chi connectivity index (χ3n) is 2.49. The first kappa shape index (κ1) is 12.2. The number of hydrogen-bond acceptors (Lipinski definition) is 6. The molecule has 92 valence electrons. The molecule has 0 fully saturated rings. The highest BCUT2D eigenvalue weighted by Crippen LogP contribution is 2.18. The molecular formula is C11H16N4OS. The molecule has 0 saturated carbocycles. The van der Waals surface area contributed by atoms with E-state index < -0.39 is 0 Å². The molecule has 1 atom stereocenters. The molecule has 0 aliphatic carbocycles. The van der Waals surface area contributed by atoms with Gasteiger partial charge in [-0.15, -0.1) is 11.3 Å². The smallest absolute Gasteiger partial charge is 0.243 e. The molecule has 1 unspecified atom stereocenters. The molecule has 2 N–H and O–H groups in total. The van der Waals surface area contributed by atoms with Crippen LogP contribution in [-0.4, -0.2) is 15.1 Å². The topological polar surface area (TPSA) is 77.8 Å². The Labute approximate surface area is 104 Å². The van der Waals surface area contributed by atoms with Gasteiger partial charge in [0, 0.05) is 5.38 Å². The Morgan fingerprint density at radius 3 is 2.76 bits per heavy atom. The van der Waals surface area contributed by atoms with E-state index >= 15 is 0 Å². The SMILES string of the molecule is Cc1nc(Cc2noc(C(N)C(C)C)n2)cs1. The second kappa shape index (κ2) is 4.93. The number of aryl methyl sites for hydroxylation is 1. The van der Waals surface area contributed by atoms with Gasteiger partial charge < -0.3 is 10.3 Å². The molecule has 5 nitrogen and oxygen atoms in total. The van der Waals surface area contributed by atoms with E-state index in [4.69, 9.17) is 10.3 Å². The van der Waals surface area contributed by atoms with Crippen LogP contribution in [0.2, 0.25) is 0 Å². The molecule has 0 aliphatic heterocycles. The van der Waals surface area contributed by atoms with Crippen molar-refractivity contribution in [1.29, 1.82) is 0 Å². The van der Waals surface area contributed by atoms with Crippen LogP contribution in [0.3, 0.4) is 0 Å². The molecular weight excluding hydrogens is 236 g/mol. The summed E-state index contributed by atoms with van der Waals surface area (Å²) in [5, 5.41) is 6.97. The van der Waals surface area contributed by atoms with E-state index in [0.717, 1.165) is 10.7 Å². The van der Waals surface area contributed by atoms with Crippen molar-refractivity contribution in [2.45, 2.75) is 33.2 Å². The standard InChI is InChI=1S/C11H16N4OS/c1-6(2)10(12)11-14-9(15-16-11)4-8-5-17-7(3)13-8/h5-6,10H,4,12H2,1-3H3. The predicted octanol–water partition coefficient (Wildman–Crippen LogP) is 2.08. The highest BCUT2D eigenvalue weighted by molar-refractivity contribution is 7.09. The van der Waals surface area contributed by atoms with E-state index in [2.05, 4.69) is 15.1 Å². The van der Waals surface area contributed by atoms with E-state index in [0.29, 0.717) is 18.1 Å². The highest BCUT2D eigenvalue weighted by atomic mass is 32.1. The van der Waals surface area contributed by atoms with Crippen LogP contribution in [0.25, 0.3) is 0 Å². The van der Waals surface area contributed by atoms with Gasteiger partial charge in [-0.25, -0.2) is 4.98 Å². The van der Waals surface area contributed by atoms with Gasteiger partial charge in [-0.05, 0) is 12.8 Å². The van der Waals surface area contributed by atoms with Gasteiger partial charge in [0.1, 0.15) is 0 Å². The minimum atomic E-state index is -0.201. The van der Waals surface area contributed by atoms with E-state index in [1.807, 2.05) is 26.2 Å². The number of rotatable bonds is 4. The average Bonchev–Trinajstić information content (AvgIpc) is 2.87. The molecule has 0 bridgehead atoms. The maximum atomic E-state index is 5.94. The Kier molecular flexibility index (Phi) is 3.54. The highest BCUT2D eigenvalue weighted by Gasteiger charge is 2.18. The molecule has 0 saturated heterocycles. The van der Waals surface area contributed by atoms with Gasteiger partial charge in [0.25, 0.3) is 0 Å². The molecule has 0 radical (unpaired) electrons. The minimum absolute atomic E-state index is 0.201. The lowest BCUT2D eigenvalue weighted by Crippen LogP contribution is -2.17. The molecule has 2 rings (SSSR count). The number of nitrogens with two attached hydrogens (primary N) is 1. The van der Waals surface area contributed by atoms with Crippen LogP contribution in [0.15, 0.2) is 9.90 Å². The van der Waals surface area contributed by atoms with Crippen molar-refractivity contribution in [1.82, 2.24) is 15.1 Å². The molecule has 0 amide bonds. The second-order valence-electron chi connectivity index (χ2n) is 4.35. The van der Waals surface area contributed by atoms with Gasteiger partial charge in [0.2, 0.25) is 5.89 Å². The summed E-state index contributed by atoms with van der Waals surface area (Å²) in [5.41, 5.74) is 6.91. The Morgan fingerprint density at radius 1 is 1.41 bits per heavy atom. The summed E-state index contributed by atoms with van der Waals surface area (Å²) in [4.78, 5) is 8.66. The van der Waals surface area contributed by atoms with Crippen molar-refractivity contribution in [2.75, 3.05) is 0 Å². The molecule has 17 heavy (non-hydrogen) atoms. The van der Waals surface area contributed by atoms with Gasteiger partial charge in [0.05, 0.1) is 23.2 Å². The lowest BCUT2D eigenvalue weighted by atomic mass is 10.1. The molecule has 0 aromatic carbocycles. The first-order valence-corrected chi connectivity index (χ1v) is 6.43. The van der Waals surface area contributed by atoms with Crippen LogP contribution in [0, 0.1) is 12.8 Å². The lowest BCUT2D eigenvalue weighted by molar-refractivity contribution is 0.322. The fourth-order valence-corrected chi connectivity index (χ4v) is 2.02. The molecule has 2 aromatic rings. The molecule has 2 heterocycles. The van der Waals surface area contributed by atoms with Gasteiger partial charge in [-0.2, -0.15) is 4.98 Å². The maximum Gasteiger partial charge on any atom is 0.243 e. The first-order chi connectivity index (χ1) is 8.06. The Bertz CT molecular complexity index is 491. The van der Waals surface area contributed by atoms with E-state index in [-0.39, 0.29) is 12.0 Å². The number of aromatic nitrogens is 3. The van der Waals surface area contributed by atoms with Crippen molar-refractivity contribution in [3.05, 3.63) is 27.8 Å². The number of thiazole rings is 1. The Morgan fingerprint density at radius 2 is 2.18 bits per heavy atom. The molecule has 0 aliphatic rings. The van der Waals surface area contributed by atoms with Gasteiger partial charge in [-0.3, -0.25) is 0 Å². The van der Waals surface area contributed by atoms with Crippen molar-refractivity contribution >= 4 is 11.3 Å². The molecule has 0 spiro atoms. The fraction of sp³-hybridized carbons (Fsp3) is 0.545. The predicted molar refractivity (Wildman–Crippen MR) is 65.7 cm³/mol. The Hall–Kier alpha value is -1.27. The van der Waals surface area contributed by atoms with Gasteiger partial charge in [-0.1, -0.05) is 19.0 Å². The van der Waals surface area contributed by atoms with E-state index in [9.17, 15) is 0 Å². The summed E-state index contributed by atoms with van der Waals surface area (Å²) in [6.45, 7) is 6.03. The average molecular weight is 252 g/mol. The second-order valence-corrected chi connectivity index (χ2v) is 5.42. The monoisotopic (exact) mass is 252 g/mol. The molecule has 2 aromatic heterocycles. The third kappa shape index (κ3) is 2.89. The number of hydrogen-bond donors (Lipinski definition) is 1. The van der Waals surface area contributed by atoms with Crippen molar-refractivity contribution in [3.63, 3.8) is 0 Å². The van der Waals surface area contributed by atoms with E-state index in [1.54, 1.807) is 11.3 Å². The van der Waals surface area contributed by atoms with Crippen LogP contribution < -0.4 is 5.73 Å². The Balaban J connectivity index is 2.08.